The lowest BCUT2D eigenvalue weighted by Crippen LogP contribution is -2.30. The number of nitrogens with two attached hydrogens (primary N) is 1. The number of nitrogens with one attached hydrogen (secondary N) is 2. The summed E-state index contributed by atoms with van der Waals surface area (Å²) >= 11 is 0. The highest BCUT2D eigenvalue weighted by atomic mass is 16.5. The molecule has 4 N–H and O–H groups in total. The summed E-state index contributed by atoms with van der Waals surface area (Å²) in [6.45, 7) is 7.40. The molecule has 1 amide bonds. The van der Waals surface area contributed by atoms with E-state index in [9.17, 15) is 9.59 Å². The zero-order valence-electron chi connectivity index (χ0n) is 19.5. The van der Waals surface area contributed by atoms with Gasteiger partial charge in [-0.25, -0.2) is 4.98 Å². The van der Waals surface area contributed by atoms with Gasteiger partial charge in [0.2, 0.25) is 5.75 Å². The van der Waals surface area contributed by atoms with Crippen molar-refractivity contribution in [2.24, 2.45) is 5.73 Å². The average molecular weight is 443 g/mol. The molecule has 2 aromatic rings. The molecule has 0 atom stereocenters. The van der Waals surface area contributed by atoms with Crippen molar-refractivity contribution in [2.45, 2.75) is 33.1 Å². The molecule has 0 aliphatic carbocycles. The largest absolute Gasteiger partial charge is 0.493 e. The van der Waals surface area contributed by atoms with E-state index < -0.39 is 5.91 Å². The predicted molar refractivity (Wildman–Crippen MR) is 122 cm³/mol. The number of Topliss-reactive ketones (excluding diaryl/α,β-unsaturated/α-hetero) is 1. The summed E-state index contributed by atoms with van der Waals surface area (Å²) in [6.07, 6.45) is 4.53. The van der Waals surface area contributed by atoms with Crippen molar-refractivity contribution < 1.29 is 23.8 Å². The van der Waals surface area contributed by atoms with E-state index >= 15 is 0 Å². The Morgan fingerprint density at radius 3 is 2.12 bits per heavy atom. The molecule has 0 aliphatic heterocycles. The maximum absolute atomic E-state index is 12.7. The number of hydrogen-bond acceptors (Lipinski definition) is 7. The molecule has 172 valence electrons. The molecule has 0 fully saturated rings. The van der Waals surface area contributed by atoms with Gasteiger partial charge < -0.3 is 30.2 Å². The molecule has 0 unspecified atom stereocenters. The van der Waals surface area contributed by atoms with Crippen LogP contribution in [0, 0.1) is 0 Å². The monoisotopic (exact) mass is 442 g/mol. The highest BCUT2D eigenvalue weighted by Gasteiger charge is 2.21. The third-order valence-corrected chi connectivity index (χ3v) is 4.60. The third-order valence-electron chi connectivity index (χ3n) is 4.60. The van der Waals surface area contributed by atoms with Crippen molar-refractivity contribution in [1.82, 2.24) is 15.3 Å². The van der Waals surface area contributed by atoms with E-state index in [2.05, 4.69) is 15.3 Å². The van der Waals surface area contributed by atoms with Crippen molar-refractivity contribution in [1.29, 1.82) is 0 Å². The molecule has 0 saturated carbocycles. The number of H-pyrrole nitrogens is 1. The standard InChI is InChI=1S/C23H30N4O5/c1-13(28)16(11-17-21(23(2,3)4)26-12-25-17)27-22(29)15(24)8-14-9-18(30-5)20(32-7)19(10-14)31-6/h8-12H,24H2,1-7H3,(H,25,26)(H,27,29)/b15-8-,16-11-. The maximum Gasteiger partial charge on any atom is 0.271 e. The van der Waals surface area contributed by atoms with Crippen LogP contribution in [0.4, 0.5) is 0 Å². The molecule has 0 bridgehead atoms. The van der Waals surface area contributed by atoms with E-state index in [1.54, 1.807) is 18.5 Å². The molecule has 0 spiro atoms. The van der Waals surface area contributed by atoms with Gasteiger partial charge in [-0.3, -0.25) is 9.59 Å². The molecular weight excluding hydrogens is 412 g/mol. The number of aromatic nitrogens is 2. The van der Waals surface area contributed by atoms with Crippen LogP contribution < -0.4 is 25.3 Å². The first-order valence-electron chi connectivity index (χ1n) is 9.86. The fraction of sp³-hybridized carbons (Fsp3) is 0.348. The van der Waals surface area contributed by atoms with Gasteiger partial charge in [0.1, 0.15) is 0 Å². The number of hydrogen-bond donors (Lipinski definition) is 3. The van der Waals surface area contributed by atoms with Crippen LogP contribution in [0.15, 0.2) is 29.9 Å². The van der Waals surface area contributed by atoms with Crippen LogP contribution in [-0.2, 0) is 15.0 Å². The number of amides is 1. The molecule has 9 nitrogen and oxygen atoms in total. The van der Waals surface area contributed by atoms with E-state index in [1.165, 1.54) is 40.4 Å². The van der Waals surface area contributed by atoms with Crippen molar-refractivity contribution in [3.63, 3.8) is 0 Å². The number of carbonyl (C=O) groups is 2. The minimum Gasteiger partial charge on any atom is -0.493 e. The van der Waals surface area contributed by atoms with Crippen LogP contribution >= 0.6 is 0 Å². The quantitative estimate of drug-likeness (QED) is 0.536. The Balaban J connectivity index is 2.35. The molecule has 32 heavy (non-hydrogen) atoms. The fourth-order valence-corrected chi connectivity index (χ4v) is 3.00. The van der Waals surface area contributed by atoms with Crippen LogP contribution in [0.5, 0.6) is 17.2 Å². The second-order valence-corrected chi connectivity index (χ2v) is 8.04. The van der Waals surface area contributed by atoms with Crippen molar-refractivity contribution >= 4 is 23.8 Å². The third kappa shape index (κ3) is 5.69. The Bertz CT molecular complexity index is 1040. The first-order valence-corrected chi connectivity index (χ1v) is 9.86. The zero-order chi connectivity index (χ0) is 24.1. The van der Waals surface area contributed by atoms with E-state index in [0.717, 1.165) is 5.69 Å². The number of rotatable bonds is 8. The number of carbonyl (C=O) groups excluding carboxylic acids is 2. The Morgan fingerprint density at radius 1 is 1.06 bits per heavy atom. The lowest BCUT2D eigenvalue weighted by molar-refractivity contribution is -0.119. The van der Waals surface area contributed by atoms with Gasteiger partial charge in [-0.05, 0) is 29.8 Å². The molecule has 0 saturated heterocycles. The minimum atomic E-state index is -0.631. The summed E-state index contributed by atoms with van der Waals surface area (Å²) in [4.78, 5) is 32.2. The second kappa shape index (κ2) is 10.0. The van der Waals surface area contributed by atoms with Gasteiger partial charge in [0.15, 0.2) is 17.3 Å². The van der Waals surface area contributed by atoms with E-state index in [4.69, 9.17) is 19.9 Å². The normalized spacial score (nSPS) is 12.3. The second-order valence-electron chi connectivity index (χ2n) is 8.04. The Labute approximate surface area is 187 Å². The number of ether oxygens (including phenoxy) is 3. The number of allylic oxidation sites excluding steroid dienone is 1. The van der Waals surface area contributed by atoms with E-state index in [1.807, 2.05) is 20.8 Å². The topological polar surface area (TPSA) is 129 Å². The number of ketones is 1. The summed E-state index contributed by atoms with van der Waals surface area (Å²) in [5, 5.41) is 2.57. The van der Waals surface area contributed by atoms with Crippen LogP contribution in [0.1, 0.15) is 44.6 Å². The lowest BCUT2D eigenvalue weighted by Gasteiger charge is -2.17. The number of imidazole rings is 1. The molecule has 1 aromatic carbocycles. The zero-order valence-corrected chi connectivity index (χ0v) is 19.5. The molecule has 1 heterocycles. The molecule has 2 rings (SSSR count). The SMILES string of the molecule is COc1cc(/C=C(\N)C(=O)N/C(=C\c2nc[nH]c2C(C)(C)C)C(C)=O)cc(OC)c1OC. The van der Waals surface area contributed by atoms with E-state index in [-0.39, 0.29) is 22.6 Å². The molecule has 0 aliphatic rings. The van der Waals surface area contributed by atoms with Crippen molar-refractivity contribution in [3.05, 3.63) is 46.8 Å². The van der Waals surface area contributed by atoms with Gasteiger partial charge in [0, 0.05) is 18.0 Å². The molecule has 9 heteroatoms. The first kappa shape index (κ1) is 24.5. The van der Waals surface area contributed by atoms with Gasteiger partial charge in [0.25, 0.3) is 5.91 Å². The highest BCUT2D eigenvalue weighted by molar-refractivity contribution is 6.06. The van der Waals surface area contributed by atoms with Gasteiger partial charge in [0.05, 0.1) is 44.7 Å². The van der Waals surface area contributed by atoms with Crippen LogP contribution in [0.25, 0.3) is 12.2 Å². The average Bonchev–Trinajstić information content (AvgIpc) is 3.21. The fourth-order valence-electron chi connectivity index (χ4n) is 3.00. The lowest BCUT2D eigenvalue weighted by atomic mass is 9.90. The van der Waals surface area contributed by atoms with Crippen molar-refractivity contribution in [2.75, 3.05) is 21.3 Å². The Hall–Kier alpha value is -3.75. The van der Waals surface area contributed by atoms with Gasteiger partial charge >= 0.3 is 0 Å². The molecular formula is C23H30N4O5. The van der Waals surface area contributed by atoms with Crippen LogP contribution in [0.2, 0.25) is 0 Å². The summed E-state index contributed by atoms with van der Waals surface area (Å²) in [5.74, 6) is 0.299. The molecule has 1 aromatic heterocycles. The number of nitrogens with zero attached hydrogens (tertiary/aromatic N) is 1. The van der Waals surface area contributed by atoms with Crippen LogP contribution in [-0.4, -0.2) is 43.0 Å². The summed E-state index contributed by atoms with van der Waals surface area (Å²) < 4.78 is 15.9. The Kier molecular flexibility index (Phi) is 7.69. The molecule has 0 radical (unpaired) electrons. The number of aromatic amines is 1. The highest BCUT2D eigenvalue weighted by Crippen LogP contribution is 2.38. The van der Waals surface area contributed by atoms with Gasteiger partial charge in [-0.1, -0.05) is 20.8 Å². The maximum atomic E-state index is 12.7. The predicted octanol–water partition coefficient (Wildman–Crippen LogP) is 2.78. The summed E-state index contributed by atoms with van der Waals surface area (Å²) in [5.41, 5.74) is 7.71. The Morgan fingerprint density at radius 2 is 1.66 bits per heavy atom. The first-order chi connectivity index (χ1) is 15.0. The number of benzene rings is 1. The van der Waals surface area contributed by atoms with Gasteiger partial charge in [-0.2, -0.15) is 0 Å². The van der Waals surface area contributed by atoms with Crippen molar-refractivity contribution in [3.8, 4) is 17.2 Å². The van der Waals surface area contributed by atoms with Crippen LogP contribution in [0.3, 0.4) is 0 Å². The minimum absolute atomic E-state index is 0.0776. The van der Waals surface area contributed by atoms with E-state index in [0.29, 0.717) is 28.5 Å². The summed E-state index contributed by atoms with van der Waals surface area (Å²) in [7, 11) is 4.48. The van der Waals surface area contributed by atoms with Gasteiger partial charge in [-0.15, -0.1) is 0 Å². The smallest absolute Gasteiger partial charge is 0.271 e. The number of methoxy groups -OCH3 is 3. The summed E-state index contributed by atoms with van der Waals surface area (Å²) in [6, 6.07) is 3.31.